The number of pyridine rings is 1. The first-order valence-electron chi connectivity index (χ1n) is 10.8. The fraction of sp³-hybridized carbons (Fsp3) is 0.455. The number of nitrogens with one attached hydrogen (secondary N) is 1. The maximum atomic E-state index is 13.2. The van der Waals surface area contributed by atoms with E-state index in [9.17, 15) is 13.2 Å². The van der Waals surface area contributed by atoms with Gasteiger partial charge in [-0.25, -0.2) is 13.4 Å². The van der Waals surface area contributed by atoms with Gasteiger partial charge in [0.05, 0.1) is 13.2 Å². The monoisotopic (exact) mass is 478 g/mol. The minimum absolute atomic E-state index is 0.00764. The quantitative estimate of drug-likeness (QED) is 0.685. The number of halogens is 1. The average Bonchev–Trinajstić information content (AvgIpc) is 2.84. The van der Waals surface area contributed by atoms with Gasteiger partial charge in [0.2, 0.25) is 15.9 Å². The first-order chi connectivity index (χ1) is 15.5. The third-order valence-corrected chi connectivity index (χ3v) is 8.20. The van der Waals surface area contributed by atoms with Gasteiger partial charge in [-0.1, -0.05) is 29.8 Å². The van der Waals surface area contributed by atoms with Crippen LogP contribution in [0.25, 0.3) is 0 Å². The summed E-state index contributed by atoms with van der Waals surface area (Å²) in [7, 11) is -3.66. The molecule has 2 fully saturated rings. The highest BCUT2D eigenvalue weighted by molar-refractivity contribution is 7.89. The van der Waals surface area contributed by atoms with Crippen molar-refractivity contribution in [3.63, 3.8) is 0 Å². The largest absolute Gasteiger partial charge is 0.379 e. The normalized spacial score (nSPS) is 18.5. The molecule has 10 heteroatoms. The summed E-state index contributed by atoms with van der Waals surface area (Å²) in [5.74, 6) is 0.317. The van der Waals surface area contributed by atoms with Crippen LogP contribution in [0.2, 0.25) is 5.02 Å². The molecule has 0 unspecified atom stereocenters. The highest BCUT2D eigenvalue weighted by Gasteiger charge is 2.33. The zero-order valence-electron chi connectivity index (χ0n) is 17.7. The second-order valence-corrected chi connectivity index (χ2v) is 10.2. The molecule has 172 valence electrons. The van der Waals surface area contributed by atoms with Gasteiger partial charge in [-0.3, -0.25) is 4.79 Å². The number of rotatable bonds is 6. The lowest BCUT2D eigenvalue weighted by Crippen LogP contribution is -2.43. The van der Waals surface area contributed by atoms with Crippen molar-refractivity contribution < 1.29 is 17.9 Å². The Kier molecular flexibility index (Phi) is 7.30. The average molecular weight is 479 g/mol. The third kappa shape index (κ3) is 5.06. The number of benzene rings is 1. The van der Waals surface area contributed by atoms with E-state index in [1.165, 1.54) is 4.31 Å². The number of piperidine rings is 1. The van der Waals surface area contributed by atoms with Crippen LogP contribution in [0.15, 0.2) is 47.5 Å². The number of anilines is 1. The molecule has 4 rings (SSSR count). The van der Waals surface area contributed by atoms with Crippen LogP contribution in [0.5, 0.6) is 0 Å². The van der Waals surface area contributed by atoms with E-state index in [0.29, 0.717) is 69.6 Å². The van der Waals surface area contributed by atoms with Crippen LogP contribution in [0.1, 0.15) is 18.4 Å². The molecule has 32 heavy (non-hydrogen) atoms. The number of aromatic nitrogens is 1. The summed E-state index contributed by atoms with van der Waals surface area (Å²) in [6.07, 6.45) is 2.86. The summed E-state index contributed by atoms with van der Waals surface area (Å²) in [5.41, 5.74) is 0.881. The van der Waals surface area contributed by atoms with Crippen LogP contribution in [0, 0.1) is 5.92 Å². The van der Waals surface area contributed by atoms with Gasteiger partial charge in [-0.05, 0) is 36.6 Å². The number of amides is 1. The molecule has 2 aliphatic rings. The lowest BCUT2D eigenvalue weighted by Gasteiger charge is -2.34. The van der Waals surface area contributed by atoms with E-state index in [1.807, 2.05) is 23.1 Å². The fourth-order valence-corrected chi connectivity index (χ4v) is 5.84. The molecular weight excluding hydrogens is 452 g/mol. The molecule has 0 radical (unpaired) electrons. The minimum Gasteiger partial charge on any atom is -0.379 e. The summed E-state index contributed by atoms with van der Waals surface area (Å²) in [6.45, 7) is 2.97. The van der Waals surface area contributed by atoms with Crippen LogP contribution >= 0.6 is 11.6 Å². The number of morpholine rings is 1. The van der Waals surface area contributed by atoms with Crippen molar-refractivity contribution in [1.82, 2.24) is 14.6 Å². The van der Waals surface area contributed by atoms with Gasteiger partial charge in [0, 0.05) is 49.9 Å². The van der Waals surface area contributed by atoms with E-state index in [-0.39, 0.29) is 16.7 Å². The first-order valence-corrected chi connectivity index (χ1v) is 12.6. The van der Waals surface area contributed by atoms with Crippen molar-refractivity contribution in [1.29, 1.82) is 0 Å². The highest BCUT2D eigenvalue weighted by atomic mass is 35.5. The Morgan fingerprint density at radius 3 is 2.53 bits per heavy atom. The molecule has 8 nitrogen and oxygen atoms in total. The van der Waals surface area contributed by atoms with Gasteiger partial charge in [0.1, 0.15) is 10.7 Å². The number of hydrogen-bond donors (Lipinski definition) is 1. The Bertz CT molecular complexity index is 1050. The molecule has 0 bridgehead atoms. The maximum absolute atomic E-state index is 13.2. The molecule has 0 aliphatic carbocycles. The van der Waals surface area contributed by atoms with E-state index in [4.69, 9.17) is 16.3 Å². The van der Waals surface area contributed by atoms with Crippen molar-refractivity contribution in [2.75, 3.05) is 44.3 Å². The van der Waals surface area contributed by atoms with E-state index >= 15 is 0 Å². The maximum Gasteiger partial charge on any atom is 0.246 e. The molecule has 1 aromatic heterocycles. The number of carbonyl (C=O) groups is 1. The molecule has 1 aromatic carbocycles. The predicted octanol–water partition coefficient (Wildman–Crippen LogP) is 2.29. The molecule has 2 aliphatic heterocycles. The zero-order valence-corrected chi connectivity index (χ0v) is 19.3. The first kappa shape index (κ1) is 23.0. The molecule has 2 aromatic rings. The van der Waals surface area contributed by atoms with E-state index in [0.717, 1.165) is 5.56 Å². The highest BCUT2D eigenvalue weighted by Crippen LogP contribution is 2.29. The SMILES string of the molecule is O=C(NCc1ccccc1Cl)C1CCN(c2ncccc2S(=O)(=O)N2CCOCC2)CC1. The van der Waals surface area contributed by atoms with Crippen LogP contribution in [-0.4, -0.2) is 63.0 Å². The van der Waals surface area contributed by atoms with Crippen LogP contribution < -0.4 is 10.2 Å². The topological polar surface area (TPSA) is 91.8 Å². The summed E-state index contributed by atoms with van der Waals surface area (Å²) >= 11 is 6.16. The number of nitrogens with zero attached hydrogens (tertiary/aromatic N) is 3. The van der Waals surface area contributed by atoms with Crippen molar-refractivity contribution in [3.8, 4) is 0 Å². The van der Waals surface area contributed by atoms with E-state index in [2.05, 4.69) is 10.3 Å². The second kappa shape index (κ2) is 10.2. The van der Waals surface area contributed by atoms with Gasteiger partial charge in [0.15, 0.2) is 0 Å². The number of hydrogen-bond acceptors (Lipinski definition) is 6. The molecule has 2 saturated heterocycles. The molecule has 0 atom stereocenters. The molecule has 3 heterocycles. The molecule has 0 saturated carbocycles. The molecule has 1 N–H and O–H groups in total. The Labute approximate surface area is 193 Å². The number of ether oxygens (including phenoxy) is 1. The Morgan fingerprint density at radius 2 is 1.81 bits per heavy atom. The Hall–Kier alpha value is -2.20. The van der Waals surface area contributed by atoms with Crippen molar-refractivity contribution >= 4 is 33.3 Å². The van der Waals surface area contributed by atoms with Crippen molar-refractivity contribution in [3.05, 3.63) is 53.2 Å². The predicted molar refractivity (Wildman–Crippen MR) is 122 cm³/mol. The lowest BCUT2D eigenvalue weighted by atomic mass is 9.96. The summed E-state index contributed by atoms with van der Waals surface area (Å²) in [6, 6.07) is 10.7. The zero-order chi connectivity index (χ0) is 22.6. The summed E-state index contributed by atoms with van der Waals surface area (Å²) in [5, 5.41) is 3.60. The third-order valence-electron chi connectivity index (χ3n) is 5.91. The van der Waals surface area contributed by atoms with Gasteiger partial charge < -0.3 is 15.0 Å². The lowest BCUT2D eigenvalue weighted by molar-refractivity contribution is -0.125. The molecule has 1 amide bonds. The van der Waals surface area contributed by atoms with Crippen molar-refractivity contribution in [2.24, 2.45) is 5.92 Å². The smallest absolute Gasteiger partial charge is 0.246 e. The van der Waals surface area contributed by atoms with Crippen LogP contribution in [-0.2, 0) is 26.1 Å². The summed E-state index contributed by atoms with van der Waals surface area (Å²) in [4.78, 5) is 19.2. The second-order valence-electron chi connectivity index (χ2n) is 7.91. The Balaban J connectivity index is 1.39. The van der Waals surface area contributed by atoms with Gasteiger partial charge >= 0.3 is 0 Å². The number of sulfonamides is 1. The Morgan fingerprint density at radius 1 is 1.09 bits per heavy atom. The van der Waals surface area contributed by atoms with Gasteiger partial charge in [0.25, 0.3) is 0 Å². The summed E-state index contributed by atoms with van der Waals surface area (Å²) < 4.78 is 33.1. The molecular formula is C22H27ClN4O4S. The van der Waals surface area contributed by atoms with E-state index in [1.54, 1.807) is 24.4 Å². The van der Waals surface area contributed by atoms with Crippen LogP contribution in [0.3, 0.4) is 0 Å². The van der Waals surface area contributed by atoms with Gasteiger partial charge in [-0.2, -0.15) is 4.31 Å². The number of carbonyl (C=O) groups excluding carboxylic acids is 1. The van der Waals surface area contributed by atoms with Crippen LogP contribution in [0.4, 0.5) is 5.82 Å². The van der Waals surface area contributed by atoms with Gasteiger partial charge in [-0.15, -0.1) is 0 Å². The molecule has 0 spiro atoms. The van der Waals surface area contributed by atoms with Crippen molar-refractivity contribution in [2.45, 2.75) is 24.3 Å². The standard InChI is InChI=1S/C22H27ClN4O4S/c23-19-5-2-1-4-18(19)16-25-22(28)17-7-10-26(11-8-17)21-20(6-3-9-24-21)32(29,30)27-12-14-31-15-13-27/h1-6,9,17H,7-8,10-16H2,(H,25,28). The van der Waals surface area contributed by atoms with E-state index < -0.39 is 10.0 Å². The fourth-order valence-electron chi connectivity index (χ4n) is 4.07. The minimum atomic E-state index is -3.66.